The van der Waals surface area contributed by atoms with Gasteiger partial charge in [-0.3, -0.25) is 4.79 Å². The van der Waals surface area contributed by atoms with Crippen LogP contribution in [0.2, 0.25) is 5.02 Å². The third-order valence-corrected chi connectivity index (χ3v) is 3.35. The predicted octanol–water partition coefficient (Wildman–Crippen LogP) is 3.11. The highest BCUT2D eigenvalue weighted by Gasteiger charge is 2.14. The van der Waals surface area contributed by atoms with E-state index < -0.39 is 0 Å². The second kappa shape index (κ2) is 5.06. The molecule has 1 amide bonds. The molecule has 102 valence electrons. The minimum absolute atomic E-state index is 0.238. The molecule has 0 aliphatic carbocycles. The molecule has 0 aromatic heterocycles. The van der Waals surface area contributed by atoms with Crippen molar-refractivity contribution in [2.24, 2.45) is 0 Å². The van der Waals surface area contributed by atoms with Crippen LogP contribution in [0.4, 0.5) is 11.4 Å². The lowest BCUT2D eigenvalue weighted by Crippen LogP contribution is -2.12. The van der Waals surface area contributed by atoms with Crippen LogP contribution in [-0.4, -0.2) is 12.5 Å². The first kappa shape index (κ1) is 12.8. The highest BCUT2D eigenvalue weighted by atomic mass is 35.5. The van der Waals surface area contributed by atoms with E-state index in [1.165, 1.54) is 0 Å². The summed E-state index contributed by atoms with van der Waals surface area (Å²) < 4.78 is 5.43. The normalized spacial score (nSPS) is 12.7. The van der Waals surface area contributed by atoms with Crippen molar-refractivity contribution in [3.05, 3.63) is 52.5 Å². The van der Waals surface area contributed by atoms with E-state index in [0.717, 1.165) is 23.4 Å². The van der Waals surface area contributed by atoms with E-state index in [2.05, 4.69) is 5.32 Å². The van der Waals surface area contributed by atoms with E-state index in [-0.39, 0.29) is 5.91 Å². The molecule has 0 unspecified atom stereocenters. The third-order valence-electron chi connectivity index (χ3n) is 3.13. The number of nitrogens with one attached hydrogen (secondary N) is 1. The molecule has 1 aliphatic rings. The number of amides is 1. The first-order valence-corrected chi connectivity index (χ1v) is 6.63. The zero-order valence-corrected chi connectivity index (χ0v) is 11.4. The van der Waals surface area contributed by atoms with Crippen molar-refractivity contribution in [3.63, 3.8) is 0 Å². The Hall–Kier alpha value is -2.20. The van der Waals surface area contributed by atoms with Crippen LogP contribution in [0.15, 0.2) is 36.4 Å². The monoisotopic (exact) mass is 288 g/mol. The van der Waals surface area contributed by atoms with E-state index in [1.54, 1.807) is 18.2 Å². The van der Waals surface area contributed by atoms with Crippen molar-refractivity contribution in [2.45, 2.75) is 6.42 Å². The number of hydrogen-bond acceptors (Lipinski definition) is 3. The third kappa shape index (κ3) is 2.56. The van der Waals surface area contributed by atoms with Gasteiger partial charge in [-0.25, -0.2) is 0 Å². The lowest BCUT2D eigenvalue weighted by atomic mass is 10.1. The highest BCUT2D eigenvalue weighted by molar-refractivity contribution is 6.31. The van der Waals surface area contributed by atoms with E-state index in [1.807, 2.05) is 18.2 Å². The molecule has 3 rings (SSSR count). The summed E-state index contributed by atoms with van der Waals surface area (Å²) in [6.07, 6.45) is 0.864. The second-order valence-electron chi connectivity index (χ2n) is 4.65. The molecule has 0 saturated carbocycles. The lowest BCUT2D eigenvalue weighted by Gasteiger charge is -2.08. The fraction of sp³-hybridized carbons (Fsp3) is 0.133. The smallest absolute Gasteiger partial charge is 0.255 e. The Labute approximate surface area is 121 Å². The fourth-order valence-corrected chi connectivity index (χ4v) is 2.45. The fourth-order valence-electron chi connectivity index (χ4n) is 2.21. The van der Waals surface area contributed by atoms with Gasteiger partial charge in [0.15, 0.2) is 0 Å². The van der Waals surface area contributed by atoms with E-state index in [0.29, 0.717) is 22.9 Å². The van der Waals surface area contributed by atoms with Crippen LogP contribution in [-0.2, 0) is 6.42 Å². The highest BCUT2D eigenvalue weighted by Crippen LogP contribution is 2.28. The molecule has 0 bridgehead atoms. The summed E-state index contributed by atoms with van der Waals surface area (Å²) in [6, 6.07) is 10.4. The molecule has 4 nitrogen and oxygen atoms in total. The van der Waals surface area contributed by atoms with Crippen LogP contribution >= 0.6 is 11.6 Å². The Morgan fingerprint density at radius 3 is 2.90 bits per heavy atom. The molecule has 0 radical (unpaired) electrons. The molecule has 2 aromatic carbocycles. The number of anilines is 2. The minimum atomic E-state index is -0.238. The Kier molecular flexibility index (Phi) is 3.24. The molecular formula is C15H13ClN2O2. The molecule has 3 N–H and O–H groups in total. The van der Waals surface area contributed by atoms with Crippen molar-refractivity contribution in [1.29, 1.82) is 0 Å². The van der Waals surface area contributed by atoms with Crippen LogP contribution in [0.1, 0.15) is 15.9 Å². The number of halogens is 1. The van der Waals surface area contributed by atoms with Crippen LogP contribution < -0.4 is 15.8 Å². The average Bonchev–Trinajstić information content (AvgIpc) is 2.85. The lowest BCUT2D eigenvalue weighted by molar-refractivity contribution is 0.102. The van der Waals surface area contributed by atoms with Crippen LogP contribution in [0, 0.1) is 0 Å². The topological polar surface area (TPSA) is 64.4 Å². The minimum Gasteiger partial charge on any atom is -0.493 e. The Morgan fingerprint density at radius 1 is 1.25 bits per heavy atom. The summed E-state index contributed by atoms with van der Waals surface area (Å²) in [7, 11) is 0. The molecule has 1 heterocycles. The standard InChI is InChI=1S/C15H13ClN2O2/c16-11-5-10(6-12(17)8-11)15(19)18-13-1-2-14-9(7-13)3-4-20-14/h1-2,5-8H,3-4,17H2,(H,18,19). The summed E-state index contributed by atoms with van der Waals surface area (Å²) in [4.78, 5) is 12.2. The summed E-state index contributed by atoms with van der Waals surface area (Å²) in [5.74, 6) is 0.646. The van der Waals surface area contributed by atoms with Gasteiger partial charge in [0, 0.05) is 28.4 Å². The first-order chi connectivity index (χ1) is 9.61. The van der Waals surface area contributed by atoms with E-state index in [4.69, 9.17) is 22.1 Å². The van der Waals surface area contributed by atoms with Gasteiger partial charge in [0.05, 0.1) is 6.61 Å². The van der Waals surface area contributed by atoms with E-state index >= 15 is 0 Å². The Balaban J connectivity index is 1.82. The molecule has 5 heteroatoms. The van der Waals surface area contributed by atoms with Crippen LogP contribution in [0.25, 0.3) is 0 Å². The van der Waals surface area contributed by atoms with Crippen molar-refractivity contribution < 1.29 is 9.53 Å². The quantitative estimate of drug-likeness (QED) is 0.835. The number of carbonyl (C=O) groups excluding carboxylic acids is 1. The Bertz CT molecular complexity index is 665. The van der Waals surface area contributed by atoms with Gasteiger partial charge in [0.1, 0.15) is 5.75 Å². The number of nitrogen functional groups attached to an aromatic ring is 1. The number of hydrogen-bond donors (Lipinski definition) is 2. The van der Waals surface area contributed by atoms with Crippen molar-refractivity contribution in [1.82, 2.24) is 0 Å². The SMILES string of the molecule is Nc1cc(Cl)cc(C(=O)Nc2ccc3c(c2)CCO3)c1. The summed E-state index contributed by atoms with van der Waals surface area (Å²) in [6.45, 7) is 0.692. The van der Waals surface area contributed by atoms with Gasteiger partial charge in [-0.1, -0.05) is 11.6 Å². The molecule has 2 aromatic rings. The van der Waals surface area contributed by atoms with Gasteiger partial charge < -0.3 is 15.8 Å². The first-order valence-electron chi connectivity index (χ1n) is 6.25. The maximum atomic E-state index is 12.2. The van der Waals surface area contributed by atoms with Gasteiger partial charge in [-0.15, -0.1) is 0 Å². The summed E-state index contributed by atoms with van der Waals surface area (Å²) in [5.41, 5.74) is 8.42. The molecule has 0 atom stereocenters. The van der Waals surface area contributed by atoms with Gasteiger partial charge in [-0.2, -0.15) is 0 Å². The van der Waals surface area contributed by atoms with Gasteiger partial charge in [0.2, 0.25) is 0 Å². The van der Waals surface area contributed by atoms with Gasteiger partial charge in [0.25, 0.3) is 5.91 Å². The van der Waals surface area contributed by atoms with Gasteiger partial charge >= 0.3 is 0 Å². The zero-order valence-electron chi connectivity index (χ0n) is 10.7. The van der Waals surface area contributed by atoms with Gasteiger partial charge in [-0.05, 0) is 42.0 Å². The van der Waals surface area contributed by atoms with E-state index in [9.17, 15) is 4.79 Å². The van der Waals surface area contributed by atoms with Crippen LogP contribution in [0.3, 0.4) is 0 Å². The number of nitrogens with two attached hydrogens (primary N) is 1. The summed E-state index contributed by atoms with van der Waals surface area (Å²) in [5, 5.41) is 3.28. The van der Waals surface area contributed by atoms with Crippen molar-refractivity contribution in [2.75, 3.05) is 17.7 Å². The zero-order chi connectivity index (χ0) is 14.1. The average molecular weight is 289 g/mol. The molecule has 20 heavy (non-hydrogen) atoms. The second-order valence-corrected chi connectivity index (χ2v) is 5.08. The van der Waals surface area contributed by atoms with Crippen LogP contribution in [0.5, 0.6) is 5.75 Å². The molecule has 1 aliphatic heterocycles. The number of ether oxygens (including phenoxy) is 1. The summed E-state index contributed by atoms with van der Waals surface area (Å²) >= 11 is 5.90. The number of benzene rings is 2. The molecule has 0 saturated heterocycles. The molecule has 0 fully saturated rings. The maximum Gasteiger partial charge on any atom is 0.255 e. The molecular weight excluding hydrogens is 276 g/mol. The number of fused-ring (bicyclic) bond motifs is 1. The van der Waals surface area contributed by atoms with Crippen molar-refractivity contribution in [3.8, 4) is 5.75 Å². The predicted molar refractivity (Wildman–Crippen MR) is 79.5 cm³/mol. The maximum absolute atomic E-state index is 12.2. The Morgan fingerprint density at radius 2 is 2.10 bits per heavy atom. The molecule has 0 spiro atoms. The largest absolute Gasteiger partial charge is 0.493 e. The number of carbonyl (C=O) groups is 1. The number of rotatable bonds is 2. The van der Waals surface area contributed by atoms with Crippen molar-refractivity contribution >= 4 is 28.9 Å².